The highest BCUT2D eigenvalue weighted by atomic mass is 32.1. The summed E-state index contributed by atoms with van der Waals surface area (Å²) in [5, 5.41) is 12.5. The summed E-state index contributed by atoms with van der Waals surface area (Å²) in [6, 6.07) is 10.3. The number of amides is 2. The van der Waals surface area contributed by atoms with Crippen molar-refractivity contribution in [3.8, 4) is 0 Å². The number of piperidine rings is 1. The Labute approximate surface area is 152 Å². The predicted octanol–water partition coefficient (Wildman–Crippen LogP) is 3.53. The van der Waals surface area contributed by atoms with E-state index in [0.717, 1.165) is 37.4 Å². The molecule has 1 N–H and O–H groups in total. The summed E-state index contributed by atoms with van der Waals surface area (Å²) in [5.41, 5.74) is 1.30. The average molecular weight is 360 g/mol. The standard InChI is InChI=1S/C18H24N4O2S/c1-2-24-12-10-16-20-21-17(25-16)19-18(23)22-11-6-9-15(13-22)14-7-4-3-5-8-14/h3-5,7-8,15H,2,6,9-13H2,1H3,(H,19,21,23). The molecule has 1 aromatic heterocycles. The second-order valence-corrected chi connectivity index (χ2v) is 7.14. The minimum Gasteiger partial charge on any atom is -0.381 e. The summed E-state index contributed by atoms with van der Waals surface area (Å²) in [5.74, 6) is 0.400. The Kier molecular flexibility index (Phi) is 6.36. The Bertz CT molecular complexity index is 677. The zero-order valence-corrected chi connectivity index (χ0v) is 15.3. The SMILES string of the molecule is CCOCCc1nnc(NC(=O)N2CCCC(c3ccccc3)C2)s1. The molecular formula is C18H24N4O2S. The van der Waals surface area contributed by atoms with Crippen LogP contribution < -0.4 is 5.32 Å². The van der Waals surface area contributed by atoms with E-state index in [2.05, 4.69) is 39.8 Å². The molecule has 1 aromatic carbocycles. The van der Waals surface area contributed by atoms with E-state index in [1.165, 1.54) is 16.9 Å². The van der Waals surface area contributed by atoms with Crippen LogP contribution in [0, 0.1) is 0 Å². The van der Waals surface area contributed by atoms with Gasteiger partial charge in [-0.1, -0.05) is 41.7 Å². The van der Waals surface area contributed by atoms with Crippen molar-refractivity contribution in [3.63, 3.8) is 0 Å². The molecule has 1 aliphatic heterocycles. The van der Waals surface area contributed by atoms with Crippen molar-refractivity contribution < 1.29 is 9.53 Å². The first kappa shape index (κ1) is 17.8. The van der Waals surface area contributed by atoms with Crippen LogP contribution in [0.3, 0.4) is 0 Å². The third-order valence-corrected chi connectivity index (χ3v) is 5.22. The maximum absolute atomic E-state index is 12.5. The van der Waals surface area contributed by atoms with Crippen LogP contribution in [0.15, 0.2) is 30.3 Å². The van der Waals surface area contributed by atoms with E-state index in [1.54, 1.807) is 0 Å². The van der Waals surface area contributed by atoms with Crippen molar-refractivity contribution in [2.24, 2.45) is 0 Å². The third kappa shape index (κ3) is 4.99. The van der Waals surface area contributed by atoms with E-state index < -0.39 is 0 Å². The zero-order chi connectivity index (χ0) is 17.5. The van der Waals surface area contributed by atoms with Gasteiger partial charge in [-0.05, 0) is 25.3 Å². The fourth-order valence-corrected chi connectivity index (χ4v) is 3.75. The molecule has 2 aromatic rings. The Morgan fingerprint density at radius 3 is 3.00 bits per heavy atom. The first-order valence-electron chi connectivity index (χ1n) is 8.77. The summed E-state index contributed by atoms with van der Waals surface area (Å²) in [7, 11) is 0. The van der Waals surface area contributed by atoms with Crippen molar-refractivity contribution in [1.29, 1.82) is 0 Å². The molecule has 6 nitrogen and oxygen atoms in total. The number of carbonyl (C=O) groups is 1. The number of nitrogens with one attached hydrogen (secondary N) is 1. The lowest BCUT2D eigenvalue weighted by atomic mass is 9.91. The quantitative estimate of drug-likeness (QED) is 0.800. The van der Waals surface area contributed by atoms with Gasteiger partial charge in [0.25, 0.3) is 0 Å². The second kappa shape index (κ2) is 8.92. The van der Waals surface area contributed by atoms with Gasteiger partial charge in [-0.2, -0.15) is 0 Å². The number of nitrogens with zero attached hydrogens (tertiary/aromatic N) is 3. The van der Waals surface area contributed by atoms with Gasteiger partial charge in [-0.15, -0.1) is 10.2 Å². The van der Waals surface area contributed by atoms with Crippen LogP contribution in [0.5, 0.6) is 0 Å². The van der Waals surface area contributed by atoms with Crippen LogP contribution >= 0.6 is 11.3 Å². The summed E-state index contributed by atoms with van der Waals surface area (Å²) >= 11 is 1.41. The minimum absolute atomic E-state index is 0.0897. The summed E-state index contributed by atoms with van der Waals surface area (Å²) in [4.78, 5) is 14.4. The molecule has 2 heterocycles. The number of carbonyl (C=O) groups excluding carboxylic acids is 1. The molecule has 0 aliphatic carbocycles. The number of benzene rings is 1. The highest BCUT2D eigenvalue weighted by molar-refractivity contribution is 7.15. The smallest absolute Gasteiger partial charge is 0.323 e. The molecule has 134 valence electrons. The van der Waals surface area contributed by atoms with Crippen LogP contribution in [0.25, 0.3) is 0 Å². The number of aromatic nitrogens is 2. The van der Waals surface area contributed by atoms with Gasteiger partial charge in [0.05, 0.1) is 6.61 Å². The summed E-state index contributed by atoms with van der Waals surface area (Å²) in [6.45, 7) is 4.81. The van der Waals surface area contributed by atoms with Gasteiger partial charge in [-0.3, -0.25) is 5.32 Å². The normalized spacial score (nSPS) is 17.5. The Morgan fingerprint density at radius 2 is 2.20 bits per heavy atom. The zero-order valence-electron chi connectivity index (χ0n) is 14.5. The van der Waals surface area contributed by atoms with Crippen LogP contribution in [0.1, 0.15) is 36.3 Å². The van der Waals surface area contributed by atoms with Gasteiger partial charge in [0.1, 0.15) is 5.01 Å². The highest BCUT2D eigenvalue weighted by Crippen LogP contribution is 2.27. The number of hydrogen-bond acceptors (Lipinski definition) is 5. The fourth-order valence-electron chi connectivity index (χ4n) is 3.04. The average Bonchev–Trinajstić information content (AvgIpc) is 3.10. The van der Waals surface area contributed by atoms with Crippen molar-refractivity contribution >= 4 is 22.5 Å². The third-order valence-electron chi connectivity index (χ3n) is 4.32. The van der Waals surface area contributed by atoms with Crippen LogP contribution in [0.4, 0.5) is 9.93 Å². The molecule has 1 aliphatic rings. The van der Waals surface area contributed by atoms with Gasteiger partial charge in [0, 0.05) is 32.0 Å². The number of rotatable bonds is 6. The summed E-state index contributed by atoms with van der Waals surface area (Å²) < 4.78 is 5.32. The first-order chi connectivity index (χ1) is 12.3. The summed E-state index contributed by atoms with van der Waals surface area (Å²) in [6.07, 6.45) is 2.86. The van der Waals surface area contributed by atoms with Crippen LogP contribution in [0.2, 0.25) is 0 Å². The minimum atomic E-state index is -0.0897. The van der Waals surface area contributed by atoms with Crippen molar-refractivity contribution in [3.05, 3.63) is 40.9 Å². The number of anilines is 1. The molecule has 0 spiro atoms. The lowest BCUT2D eigenvalue weighted by molar-refractivity contribution is 0.150. The van der Waals surface area contributed by atoms with E-state index in [4.69, 9.17) is 4.74 Å². The van der Waals surface area contributed by atoms with Gasteiger partial charge in [-0.25, -0.2) is 4.79 Å². The van der Waals surface area contributed by atoms with Gasteiger partial charge in [0.15, 0.2) is 0 Å². The van der Waals surface area contributed by atoms with E-state index in [-0.39, 0.29) is 6.03 Å². The van der Waals surface area contributed by atoms with E-state index in [9.17, 15) is 4.79 Å². The Hall–Kier alpha value is -1.99. The Balaban J connectivity index is 1.54. The maximum atomic E-state index is 12.5. The molecule has 1 unspecified atom stereocenters. The lowest BCUT2D eigenvalue weighted by Crippen LogP contribution is -2.41. The van der Waals surface area contributed by atoms with Gasteiger partial charge >= 0.3 is 6.03 Å². The lowest BCUT2D eigenvalue weighted by Gasteiger charge is -2.32. The second-order valence-electron chi connectivity index (χ2n) is 6.07. The molecule has 3 rings (SSSR count). The molecule has 25 heavy (non-hydrogen) atoms. The monoisotopic (exact) mass is 360 g/mol. The van der Waals surface area contributed by atoms with Crippen molar-refractivity contribution in [2.45, 2.75) is 32.1 Å². The van der Waals surface area contributed by atoms with E-state index in [0.29, 0.717) is 24.3 Å². The highest BCUT2D eigenvalue weighted by Gasteiger charge is 2.25. The molecule has 0 saturated carbocycles. The van der Waals surface area contributed by atoms with E-state index >= 15 is 0 Å². The van der Waals surface area contributed by atoms with Crippen molar-refractivity contribution in [1.82, 2.24) is 15.1 Å². The number of urea groups is 1. The topological polar surface area (TPSA) is 67.4 Å². The van der Waals surface area contributed by atoms with Gasteiger partial charge in [0.2, 0.25) is 5.13 Å². The number of likely N-dealkylation sites (tertiary alicyclic amines) is 1. The maximum Gasteiger partial charge on any atom is 0.323 e. The van der Waals surface area contributed by atoms with Gasteiger partial charge < -0.3 is 9.64 Å². The Morgan fingerprint density at radius 1 is 1.36 bits per heavy atom. The predicted molar refractivity (Wildman–Crippen MR) is 99.1 cm³/mol. The number of ether oxygens (including phenoxy) is 1. The number of hydrogen-bond donors (Lipinski definition) is 1. The first-order valence-corrected chi connectivity index (χ1v) is 9.59. The van der Waals surface area contributed by atoms with Crippen molar-refractivity contribution in [2.75, 3.05) is 31.6 Å². The van der Waals surface area contributed by atoms with Crippen LogP contribution in [-0.2, 0) is 11.2 Å². The molecule has 0 radical (unpaired) electrons. The molecule has 1 saturated heterocycles. The molecule has 7 heteroatoms. The molecule has 1 fully saturated rings. The fraction of sp³-hybridized carbons (Fsp3) is 0.500. The molecule has 1 atom stereocenters. The molecule has 0 bridgehead atoms. The van der Waals surface area contributed by atoms with E-state index in [1.807, 2.05) is 17.9 Å². The molecular weight excluding hydrogens is 336 g/mol. The molecule has 2 amide bonds. The van der Waals surface area contributed by atoms with Crippen LogP contribution in [-0.4, -0.2) is 47.4 Å². The largest absolute Gasteiger partial charge is 0.381 e.